The minimum Gasteiger partial charge on any atom is -0.305 e. The van der Waals surface area contributed by atoms with Crippen LogP contribution in [0.3, 0.4) is 0 Å². The van der Waals surface area contributed by atoms with E-state index < -0.39 is 0 Å². The third kappa shape index (κ3) is 6.80. The monoisotopic (exact) mass is 668 g/mol. The normalized spacial score (nSPS) is 15.4. The molecule has 5 rings (SSSR count). The Morgan fingerprint density at radius 3 is 2.05 bits per heavy atom. The molecule has 4 heteroatoms. The largest absolute Gasteiger partial charge is 0.305 e. The van der Waals surface area contributed by atoms with Gasteiger partial charge in [-0.1, -0.05) is 73.1 Å². The molecule has 2 heterocycles. The average molecular weight is 668 g/mol. The van der Waals surface area contributed by atoms with Crippen LogP contribution in [0.2, 0.25) is 0 Å². The Hall–Kier alpha value is -2.68. The van der Waals surface area contributed by atoms with Crippen LogP contribution in [0.15, 0.2) is 73.2 Å². The second kappa shape index (κ2) is 11.4. The molecular weight excluding hydrogens is 631 g/mol. The Kier molecular flexibility index (Phi) is 8.88. The van der Waals surface area contributed by atoms with Crippen molar-refractivity contribution in [3.63, 3.8) is 0 Å². The number of hydrogen-bond acceptors (Lipinski definition) is 3. The molecule has 0 bridgehead atoms. The Labute approximate surface area is 236 Å². The number of rotatable bonds is 2. The van der Waals surface area contributed by atoms with Gasteiger partial charge in [0.25, 0.3) is 0 Å². The minimum absolute atomic E-state index is 0. The number of hydrogen-bond donors (Lipinski definition) is 0. The van der Waals surface area contributed by atoms with Crippen LogP contribution < -0.4 is 0 Å². The van der Waals surface area contributed by atoms with E-state index in [0.29, 0.717) is 0 Å². The van der Waals surface area contributed by atoms with E-state index in [2.05, 4.69) is 93.7 Å². The number of aromatic nitrogens is 3. The summed E-state index contributed by atoms with van der Waals surface area (Å²) in [4.78, 5) is 13.2. The van der Waals surface area contributed by atoms with Crippen LogP contribution in [-0.2, 0) is 36.4 Å². The second-order valence-corrected chi connectivity index (χ2v) is 12.0. The molecule has 0 atom stereocenters. The Morgan fingerprint density at radius 2 is 1.43 bits per heavy atom. The molecule has 2 aromatic carbocycles. The van der Waals surface area contributed by atoms with E-state index in [-0.39, 0.29) is 36.4 Å². The van der Waals surface area contributed by atoms with Gasteiger partial charge in [-0.25, -0.2) is 4.98 Å². The first-order chi connectivity index (χ1) is 17.0. The maximum Gasteiger partial charge on any atom is 0.105 e. The summed E-state index contributed by atoms with van der Waals surface area (Å²) in [6.45, 7) is 15.9. The van der Waals surface area contributed by atoms with Gasteiger partial charge in [0, 0.05) is 37.4 Å². The third-order valence-corrected chi connectivity index (χ3v) is 7.15. The van der Waals surface area contributed by atoms with Crippen molar-refractivity contribution < 1.29 is 20.1 Å². The van der Waals surface area contributed by atoms with Gasteiger partial charge >= 0.3 is 0 Å². The molecule has 0 saturated carbocycles. The predicted molar refractivity (Wildman–Crippen MR) is 149 cm³/mol. The first kappa shape index (κ1) is 28.9. The van der Waals surface area contributed by atoms with Crippen molar-refractivity contribution in [2.24, 2.45) is 0 Å². The van der Waals surface area contributed by atoms with Crippen LogP contribution >= 0.6 is 0 Å². The van der Waals surface area contributed by atoms with Gasteiger partial charge < -0.3 is 4.98 Å². The first-order valence-corrected chi connectivity index (χ1v) is 12.8. The molecule has 37 heavy (non-hydrogen) atoms. The van der Waals surface area contributed by atoms with E-state index in [0.717, 1.165) is 28.2 Å². The molecule has 195 valence electrons. The van der Waals surface area contributed by atoms with Crippen molar-refractivity contribution in [2.45, 2.75) is 77.6 Å². The number of fused-ring (bicyclic) bond motifs is 1. The number of benzene rings is 2. The molecule has 4 aromatic rings. The average Bonchev–Trinajstić information content (AvgIpc) is 2.88. The van der Waals surface area contributed by atoms with E-state index in [4.69, 9.17) is 0 Å². The number of nitrogens with zero attached hydrogens (tertiary/aromatic N) is 3. The summed E-state index contributed by atoms with van der Waals surface area (Å²) < 4.78 is 0. The fraction of sp³-hybridized carbons (Fsp3) is 0.364. The maximum absolute atomic E-state index is 4.51. The molecule has 0 aliphatic heterocycles. The van der Waals surface area contributed by atoms with Crippen molar-refractivity contribution in [3.8, 4) is 22.5 Å². The van der Waals surface area contributed by atoms with Crippen molar-refractivity contribution in [1.29, 1.82) is 0 Å². The molecule has 0 spiro atoms. The zero-order valence-electron chi connectivity index (χ0n) is 23.0. The molecule has 0 fully saturated rings. The standard InChI is InChI=1S/C22H29N2.C11H8N.Ir/c1-20(2,3)19-13-18(23-14-24-19)15-8-9-16-17(12-15)22(6,7)11-10-21(16,4)5;1-2-6-10(7-3-1)11-8-4-5-9-12-11;/h9,12-14H,10-11H2,1-7H3;1-6,8-9H;/q2*-1;. The molecule has 1 radical (unpaired) electrons. The van der Waals surface area contributed by atoms with Crippen molar-refractivity contribution in [2.75, 3.05) is 0 Å². The van der Waals surface area contributed by atoms with E-state index in [9.17, 15) is 0 Å². The third-order valence-electron chi connectivity index (χ3n) is 7.15. The van der Waals surface area contributed by atoms with E-state index in [1.54, 1.807) is 12.5 Å². The molecule has 3 nitrogen and oxygen atoms in total. The van der Waals surface area contributed by atoms with Crippen molar-refractivity contribution >= 4 is 0 Å². The van der Waals surface area contributed by atoms with Crippen molar-refractivity contribution in [1.82, 2.24) is 15.0 Å². The predicted octanol–water partition coefficient (Wildman–Crippen LogP) is 8.14. The Bertz CT molecular complexity index is 1270. The smallest absolute Gasteiger partial charge is 0.105 e. The van der Waals surface area contributed by atoms with Crippen LogP contribution in [0.5, 0.6) is 0 Å². The zero-order chi connectivity index (χ0) is 26.0. The van der Waals surface area contributed by atoms with Gasteiger partial charge in [-0.15, -0.1) is 70.8 Å². The van der Waals surface area contributed by atoms with Crippen LogP contribution in [0, 0.1) is 12.1 Å². The molecule has 0 saturated heterocycles. The minimum atomic E-state index is 0. The first-order valence-electron chi connectivity index (χ1n) is 12.8. The van der Waals surface area contributed by atoms with E-state index in [1.165, 1.54) is 24.0 Å². The SMILES string of the molecule is CC(C)(C)c1cc(-c2[c-]cc3c(c2)C(C)(C)CCC3(C)C)ncn1.[Ir].[c-]1ccccc1-c1ccccn1. The van der Waals surface area contributed by atoms with Crippen LogP contribution in [0.25, 0.3) is 22.5 Å². The summed E-state index contributed by atoms with van der Waals surface area (Å²) >= 11 is 0. The van der Waals surface area contributed by atoms with Gasteiger partial charge in [0.05, 0.1) is 0 Å². The summed E-state index contributed by atoms with van der Waals surface area (Å²) in [7, 11) is 0. The van der Waals surface area contributed by atoms with Crippen LogP contribution in [0.4, 0.5) is 0 Å². The van der Waals surface area contributed by atoms with E-state index in [1.807, 2.05) is 42.5 Å². The van der Waals surface area contributed by atoms with Gasteiger partial charge in [-0.05, 0) is 34.7 Å². The molecule has 0 amide bonds. The number of pyridine rings is 1. The van der Waals surface area contributed by atoms with Gasteiger partial charge in [-0.2, -0.15) is 0 Å². The fourth-order valence-corrected chi connectivity index (χ4v) is 4.64. The summed E-state index contributed by atoms with van der Waals surface area (Å²) in [5, 5.41) is 0. The summed E-state index contributed by atoms with van der Waals surface area (Å²) in [6, 6.07) is 26.9. The molecular formula is C33H37IrN3-2. The quantitative estimate of drug-likeness (QED) is 0.203. The fourth-order valence-electron chi connectivity index (χ4n) is 4.64. The summed E-state index contributed by atoms with van der Waals surface area (Å²) in [5.74, 6) is 0. The van der Waals surface area contributed by atoms with Gasteiger partial charge in [-0.3, -0.25) is 4.98 Å². The topological polar surface area (TPSA) is 38.7 Å². The molecule has 1 aliphatic carbocycles. The maximum atomic E-state index is 4.51. The molecule has 0 unspecified atom stereocenters. The second-order valence-electron chi connectivity index (χ2n) is 12.0. The summed E-state index contributed by atoms with van der Waals surface area (Å²) in [5.41, 5.74) is 8.46. The van der Waals surface area contributed by atoms with E-state index >= 15 is 0 Å². The van der Waals surface area contributed by atoms with Crippen LogP contribution in [-0.4, -0.2) is 15.0 Å². The zero-order valence-corrected chi connectivity index (χ0v) is 25.4. The van der Waals surface area contributed by atoms with Crippen LogP contribution in [0.1, 0.15) is 78.1 Å². The Balaban J connectivity index is 0.000000246. The van der Waals surface area contributed by atoms with Gasteiger partial charge in [0.2, 0.25) is 0 Å². The van der Waals surface area contributed by atoms with Gasteiger partial charge in [0.15, 0.2) is 0 Å². The van der Waals surface area contributed by atoms with Crippen molar-refractivity contribution in [3.05, 3.63) is 102 Å². The molecule has 0 N–H and O–H groups in total. The summed E-state index contributed by atoms with van der Waals surface area (Å²) in [6.07, 6.45) is 5.91. The molecule has 1 aliphatic rings. The van der Waals surface area contributed by atoms with Gasteiger partial charge in [0.1, 0.15) is 6.33 Å². The molecule has 2 aromatic heterocycles. The Morgan fingerprint density at radius 1 is 0.730 bits per heavy atom.